The van der Waals surface area contributed by atoms with Gasteiger partial charge in [-0.25, -0.2) is 4.68 Å². The van der Waals surface area contributed by atoms with E-state index in [1.54, 1.807) is 0 Å². The first-order valence-electron chi connectivity index (χ1n) is 8.15. The van der Waals surface area contributed by atoms with Crippen molar-refractivity contribution in [2.45, 2.75) is 84.1 Å². The van der Waals surface area contributed by atoms with E-state index in [1.165, 1.54) is 24.2 Å². The molecule has 0 spiro atoms. The summed E-state index contributed by atoms with van der Waals surface area (Å²) in [4.78, 5) is 0. The van der Waals surface area contributed by atoms with Crippen LogP contribution < -0.4 is 5.32 Å². The number of aromatic nitrogens is 2. The number of rotatable bonds is 3. The van der Waals surface area contributed by atoms with Crippen LogP contribution in [0, 0.1) is 6.92 Å². The number of ether oxygens (including phenoxy) is 1. The quantitative estimate of drug-likeness (QED) is 0.908. The topological polar surface area (TPSA) is 39.1 Å². The van der Waals surface area contributed by atoms with Gasteiger partial charge < -0.3 is 10.1 Å². The third-order valence-electron chi connectivity index (χ3n) is 4.93. The van der Waals surface area contributed by atoms with Crippen LogP contribution in [0.2, 0.25) is 0 Å². The number of hydrogen-bond acceptors (Lipinski definition) is 3. The van der Waals surface area contributed by atoms with E-state index in [4.69, 9.17) is 9.84 Å². The van der Waals surface area contributed by atoms with Crippen molar-refractivity contribution in [3.8, 4) is 0 Å². The van der Waals surface area contributed by atoms with Crippen LogP contribution in [0.5, 0.6) is 0 Å². The average molecular weight is 277 g/mol. The summed E-state index contributed by atoms with van der Waals surface area (Å²) in [7, 11) is 0. The van der Waals surface area contributed by atoms with Crippen LogP contribution in [-0.4, -0.2) is 21.9 Å². The van der Waals surface area contributed by atoms with Crippen molar-refractivity contribution in [2.75, 3.05) is 5.32 Å². The van der Waals surface area contributed by atoms with E-state index in [9.17, 15) is 0 Å². The first-order valence-corrected chi connectivity index (χ1v) is 8.15. The van der Waals surface area contributed by atoms with Gasteiger partial charge in [0.25, 0.3) is 0 Å². The van der Waals surface area contributed by atoms with Crippen LogP contribution in [0.1, 0.15) is 76.3 Å². The summed E-state index contributed by atoms with van der Waals surface area (Å²) in [5.74, 6) is 1.23. The van der Waals surface area contributed by atoms with E-state index in [2.05, 4.69) is 37.7 Å². The van der Waals surface area contributed by atoms with E-state index >= 15 is 0 Å². The Hall–Kier alpha value is -1.03. The highest BCUT2D eigenvalue weighted by atomic mass is 16.5. The van der Waals surface area contributed by atoms with Gasteiger partial charge in [-0.05, 0) is 46.0 Å². The summed E-state index contributed by atoms with van der Waals surface area (Å²) in [6, 6.07) is 1.11. The molecule has 4 heteroatoms. The largest absolute Gasteiger partial charge is 0.369 e. The summed E-state index contributed by atoms with van der Waals surface area (Å²) >= 11 is 0. The third kappa shape index (κ3) is 2.24. The molecule has 0 aliphatic carbocycles. The Bertz CT molecular complexity index is 482. The maximum absolute atomic E-state index is 6.02. The van der Waals surface area contributed by atoms with Crippen LogP contribution in [0.3, 0.4) is 0 Å². The fraction of sp³-hybridized carbons (Fsp3) is 0.812. The fourth-order valence-corrected chi connectivity index (χ4v) is 3.57. The molecule has 2 aliphatic rings. The lowest BCUT2D eigenvalue weighted by Gasteiger charge is -2.31. The number of nitrogens with one attached hydrogen (secondary N) is 1. The summed E-state index contributed by atoms with van der Waals surface area (Å²) in [6.45, 7) is 8.87. The molecule has 4 unspecified atom stereocenters. The van der Waals surface area contributed by atoms with Gasteiger partial charge in [0, 0.05) is 11.6 Å². The van der Waals surface area contributed by atoms with Crippen LogP contribution in [-0.2, 0) is 4.74 Å². The van der Waals surface area contributed by atoms with E-state index in [0.29, 0.717) is 18.2 Å². The highest BCUT2D eigenvalue weighted by Gasteiger charge is 2.33. The molecule has 0 bridgehead atoms. The van der Waals surface area contributed by atoms with Crippen LogP contribution >= 0.6 is 0 Å². The van der Waals surface area contributed by atoms with Crippen molar-refractivity contribution >= 4 is 5.82 Å². The Labute approximate surface area is 121 Å². The van der Waals surface area contributed by atoms with Crippen molar-refractivity contribution in [1.29, 1.82) is 0 Å². The predicted molar refractivity (Wildman–Crippen MR) is 81.1 cm³/mol. The van der Waals surface area contributed by atoms with Gasteiger partial charge in [-0.2, -0.15) is 5.10 Å². The fourth-order valence-electron chi connectivity index (χ4n) is 3.57. The molecule has 0 aromatic carbocycles. The molecule has 20 heavy (non-hydrogen) atoms. The van der Waals surface area contributed by atoms with Crippen molar-refractivity contribution < 1.29 is 4.74 Å². The molecule has 1 saturated heterocycles. The second-order valence-corrected chi connectivity index (χ2v) is 6.36. The first-order chi connectivity index (χ1) is 9.63. The molecule has 1 fully saturated rings. The molecule has 0 radical (unpaired) electrons. The highest BCUT2D eigenvalue weighted by molar-refractivity contribution is 5.50. The Balaban J connectivity index is 1.94. The van der Waals surface area contributed by atoms with Gasteiger partial charge >= 0.3 is 0 Å². The minimum absolute atomic E-state index is 0.197. The molecule has 0 amide bonds. The second kappa shape index (κ2) is 5.40. The van der Waals surface area contributed by atoms with Gasteiger partial charge in [-0.3, -0.25) is 0 Å². The summed E-state index contributed by atoms with van der Waals surface area (Å²) in [5, 5.41) is 8.60. The van der Waals surface area contributed by atoms with Crippen LogP contribution in [0.4, 0.5) is 5.82 Å². The van der Waals surface area contributed by atoms with Crippen molar-refractivity contribution in [3.05, 3.63) is 11.3 Å². The van der Waals surface area contributed by atoms with Gasteiger partial charge in [0.05, 0.1) is 17.8 Å². The van der Waals surface area contributed by atoms with E-state index in [1.807, 2.05) is 0 Å². The molecular formula is C16H27N3O. The molecule has 4 nitrogen and oxygen atoms in total. The van der Waals surface area contributed by atoms with Crippen LogP contribution in [0.15, 0.2) is 0 Å². The maximum atomic E-state index is 6.02. The molecule has 1 aromatic heterocycles. The molecule has 1 aromatic rings. The lowest BCUT2D eigenvalue weighted by Crippen LogP contribution is -2.31. The van der Waals surface area contributed by atoms with Gasteiger partial charge in [0.2, 0.25) is 0 Å². The van der Waals surface area contributed by atoms with Crippen molar-refractivity contribution in [3.63, 3.8) is 0 Å². The zero-order valence-electron chi connectivity index (χ0n) is 13.1. The Kier molecular flexibility index (Phi) is 3.76. The SMILES string of the molecule is CCC1CC(CC)n2nc(C3CCC(C)O3)c(C)c2N1. The van der Waals surface area contributed by atoms with E-state index < -0.39 is 0 Å². The molecule has 3 heterocycles. The van der Waals surface area contributed by atoms with E-state index in [-0.39, 0.29) is 6.10 Å². The molecule has 4 atom stereocenters. The van der Waals surface area contributed by atoms with Gasteiger partial charge in [-0.15, -0.1) is 0 Å². The van der Waals surface area contributed by atoms with Gasteiger partial charge in [0.15, 0.2) is 0 Å². The summed E-state index contributed by atoms with van der Waals surface area (Å²) in [6.07, 6.45) is 6.32. The first kappa shape index (κ1) is 13.9. The van der Waals surface area contributed by atoms with E-state index in [0.717, 1.165) is 25.0 Å². The monoisotopic (exact) mass is 277 g/mol. The Morgan fingerprint density at radius 1 is 1.30 bits per heavy atom. The highest BCUT2D eigenvalue weighted by Crippen LogP contribution is 2.39. The number of anilines is 1. The second-order valence-electron chi connectivity index (χ2n) is 6.36. The molecule has 0 saturated carbocycles. The van der Waals surface area contributed by atoms with Crippen molar-refractivity contribution in [2.24, 2.45) is 0 Å². The standard InChI is InChI=1S/C16H27N3O/c1-5-12-9-13(6-2)19-16(17-12)11(4)15(18-19)14-8-7-10(3)20-14/h10,12-14,17H,5-9H2,1-4H3. The molecule has 3 rings (SSSR count). The Morgan fingerprint density at radius 2 is 2.10 bits per heavy atom. The number of hydrogen-bond donors (Lipinski definition) is 1. The average Bonchev–Trinajstić information content (AvgIpc) is 3.02. The maximum Gasteiger partial charge on any atom is 0.128 e. The lowest BCUT2D eigenvalue weighted by molar-refractivity contribution is 0.0521. The molecular weight excluding hydrogens is 250 g/mol. The summed E-state index contributed by atoms with van der Waals surface area (Å²) < 4.78 is 8.25. The normalized spacial score (nSPS) is 33.0. The molecule has 1 N–H and O–H groups in total. The minimum atomic E-state index is 0.197. The zero-order valence-corrected chi connectivity index (χ0v) is 13.1. The predicted octanol–water partition coefficient (Wildman–Crippen LogP) is 3.98. The van der Waals surface area contributed by atoms with Gasteiger partial charge in [0.1, 0.15) is 11.9 Å². The molecule has 2 aliphatic heterocycles. The van der Waals surface area contributed by atoms with Crippen molar-refractivity contribution in [1.82, 2.24) is 9.78 Å². The lowest BCUT2D eigenvalue weighted by atomic mass is 10.00. The molecule has 112 valence electrons. The number of nitrogens with zero attached hydrogens (tertiary/aromatic N) is 2. The van der Waals surface area contributed by atoms with Crippen LogP contribution in [0.25, 0.3) is 0 Å². The Morgan fingerprint density at radius 3 is 2.70 bits per heavy atom. The third-order valence-corrected chi connectivity index (χ3v) is 4.93. The smallest absolute Gasteiger partial charge is 0.128 e. The number of fused-ring (bicyclic) bond motifs is 1. The minimum Gasteiger partial charge on any atom is -0.369 e. The van der Waals surface area contributed by atoms with Gasteiger partial charge in [-0.1, -0.05) is 13.8 Å². The zero-order chi connectivity index (χ0) is 14.3. The summed E-state index contributed by atoms with van der Waals surface area (Å²) in [5.41, 5.74) is 2.45.